The topological polar surface area (TPSA) is 444 Å². The number of ether oxygens (including phenoxy) is 3. The van der Waals surface area contributed by atoms with Gasteiger partial charge in [0.05, 0.1) is 32.2 Å². The first kappa shape index (κ1) is 50.0. The molecule has 3 aliphatic heterocycles. The third kappa shape index (κ3) is 10.6. The lowest BCUT2D eigenvalue weighted by atomic mass is 10.1. The number of nitrogens with two attached hydrogens (primary N) is 3. The van der Waals surface area contributed by atoms with E-state index in [0.717, 1.165) is 27.6 Å². The van der Waals surface area contributed by atoms with Crippen molar-refractivity contribution in [1.29, 1.82) is 0 Å². The molecule has 15 atom stereocenters. The number of imidazole rings is 1. The van der Waals surface area contributed by atoms with Gasteiger partial charge in [0.15, 0.2) is 35.7 Å². The minimum absolute atomic E-state index is 0.0737. The summed E-state index contributed by atoms with van der Waals surface area (Å²) in [5.74, 6) is -1.28. The third-order valence-electron chi connectivity index (χ3n) is 10.9. The van der Waals surface area contributed by atoms with Gasteiger partial charge in [-0.05, 0) is 12.1 Å². The van der Waals surface area contributed by atoms with Crippen LogP contribution in [-0.4, -0.2) is 170 Å². The van der Waals surface area contributed by atoms with E-state index in [0.29, 0.717) is 11.3 Å². The fourth-order valence-electron chi connectivity index (χ4n) is 7.44. The van der Waals surface area contributed by atoms with Crippen LogP contribution >= 0.6 is 15.6 Å². The normalized spacial score (nSPS) is 30.8. The van der Waals surface area contributed by atoms with Crippen LogP contribution < -0.4 is 38.8 Å². The molecular formula is C34H49N13O18P2. The van der Waals surface area contributed by atoms with E-state index in [-0.39, 0.29) is 23.8 Å². The van der Waals surface area contributed by atoms with E-state index in [4.69, 9.17) is 49.5 Å². The summed E-state index contributed by atoms with van der Waals surface area (Å²) in [4.78, 5) is 81.9. The van der Waals surface area contributed by atoms with E-state index >= 15 is 0 Å². The molecule has 67 heavy (non-hydrogen) atoms. The molecule has 0 aromatic carbocycles. The zero-order chi connectivity index (χ0) is 48.7. The Balaban J connectivity index is 1.09. The molecule has 368 valence electrons. The van der Waals surface area contributed by atoms with Gasteiger partial charge in [0, 0.05) is 39.0 Å². The largest absolute Gasteiger partial charge is 0.472 e. The lowest BCUT2D eigenvalue weighted by Crippen LogP contribution is -2.50. The average molecular weight is 990 g/mol. The third-order valence-corrected chi connectivity index (χ3v) is 12.9. The molecule has 1 amide bonds. The maximum atomic E-state index is 13.8. The summed E-state index contributed by atoms with van der Waals surface area (Å²) in [5.41, 5.74) is 15.4. The second-order valence-corrected chi connectivity index (χ2v) is 18.5. The fourth-order valence-corrected chi connectivity index (χ4v) is 9.37. The van der Waals surface area contributed by atoms with E-state index in [1.165, 1.54) is 30.2 Å². The highest BCUT2D eigenvalue weighted by molar-refractivity contribution is 7.47. The van der Waals surface area contributed by atoms with Crippen molar-refractivity contribution in [2.24, 2.45) is 11.7 Å². The Morgan fingerprint density at radius 1 is 0.821 bits per heavy atom. The Labute approximate surface area is 377 Å². The van der Waals surface area contributed by atoms with Crippen LogP contribution in [0.15, 0.2) is 46.8 Å². The van der Waals surface area contributed by atoms with E-state index < -0.39 is 132 Å². The number of nitrogen functional groups attached to an aromatic ring is 2. The van der Waals surface area contributed by atoms with Crippen molar-refractivity contribution >= 4 is 50.2 Å². The van der Waals surface area contributed by atoms with Gasteiger partial charge in [-0.15, -0.1) is 0 Å². The van der Waals surface area contributed by atoms with Gasteiger partial charge in [-0.25, -0.2) is 33.7 Å². The van der Waals surface area contributed by atoms with Gasteiger partial charge in [0.2, 0.25) is 5.91 Å². The van der Waals surface area contributed by atoms with Crippen LogP contribution in [0.25, 0.3) is 11.2 Å². The van der Waals surface area contributed by atoms with Crippen molar-refractivity contribution in [2.75, 3.05) is 56.8 Å². The van der Waals surface area contributed by atoms with E-state index in [9.17, 15) is 53.7 Å². The maximum absolute atomic E-state index is 13.8. The summed E-state index contributed by atoms with van der Waals surface area (Å²) < 4.78 is 68.4. The number of aromatic nitrogens is 8. The molecule has 0 spiro atoms. The predicted molar refractivity (Wildman–Crippen MR) is 224 cm³/mol. The Morgan fingerprint density at radius 2 is 1.33 bits per heavy atom. The number of carbonyl (C=O) groups excluding carboxylic acids is 1. The molecule has 0 saturated carbocycles. The quantitative estimate of drug-likeness (QED) is 0.0420. The predicted octanol–water partition coefficient (Wildman–Crippen LogP) is -4.58. The number of carbonyl (C=O) groups is 1. The number of hydrogen-bond acceptors (Lipinski definition) is 25. The van der Waals surface area contributed by atoms with Gasteiger partial charge in [-0.2, -0.15) is 9.97 Å². The highest BCUT2D eigenvalue weighted by Gasteiger charge is 2.53. The van der Waals surface area contributed by atoms with Crippen LogP contribution in [0.5, 0.6) is 0 Å². The first-order valence-electron chi connectivity index (χ1n) is 20.1. The van der Waals surface area contributed by atoms with Gasteiger partial charge < -0.3 is 71.8 Å². The number of rotatable bonds is 18. The summed E-state index contributed by atoms with van der Waals surface area (Å²) in [7, 11) is -7.37. The summed E-state index contributed by atoms with van der Waals surface area (Å²) in [6.07, 6.45) is -14.0. The molecule has 4 aromatic rings. The van der Waals surface area contributed by atoms with Crippen LogP contribution in [0, 0.1) is 5.92 Å². The Bertz CT molecular complexity index is 2640. The van der Waals surface area contributed by atoms with Crippen LogP contribution in [0.4, 0.5) is 17.5 Å². The first-order valence-corrected chi connectivity index (χ1v) is 23.1. The van der Waals surface area contributed by atoms with Gasteiger partial charge >= 0.3 is 27.0 Å². The molecule has 7 rings (SSSR count). The molecule has 13 N–H and O–H groups in total. The molecular weight excluding hydrogens is 940 g/mol. The first-order chi connectivity index (χ1) is 31.6. The minimum Gasteiger partial charge on any atom is -0.394 e. The number of phosphoric acid groups is 2. The second-order valence-electron chi connectivity index (χ2n) is 15.7. The maximum Gasteiger partial charge on any atom is 0.472 e. The van der Waals surface area contributed by atoms with Gasteiger partial charge in [-0.1, -0.05) is 6.92 Å². The monoisotopic (exact) mass is 989 g/mol. The average Bonchev–Trinajstić information content (AvgIpc) is 4.01. The zero-order valence-corrected chi connectivity index (χ0v) is 37.3. The van der Waals surface area contributed by atoms with Gasteiger partial charge in [-0.3, -0.25) is 36.6 Å². The van der Waals surface area contributed by atoms with Crippen LogP contribution in [0.2, 0.25) is 0 Å². The zero-order valence-electron chi connectivity index (χ0n) is 35.5. The molecule has 3 saturated heterocycles. The van der Waals surface area contributed by atoms with Gasteiger partial charge in [0.1, 0.15) is 66.8 Å². The molecule has 0 bridgehead atoms. The molecule has 2 unspecified atom stereocenters. The Hall–Kier alpha value is -4.92. The highest BCUT2D eigenvalue weighted by Crippen LogP contribution is 2.52. The molecule has 33 heteroatoms. The highest BCUT2D eigenvalue weighted by atomic mass is 31.2. The minimum atomic E-state index is -5.44. The fraction of sp³-hybridized carbons (Fsp3) is 0.588. The SMILES string of the molecule is C[C@H](CN)C(=O)N[C@H]1[C@@H](O)[C@H](n2cnc3c(N(C)C)ncnc32)O[C@@H]1COP(=O)(O)O[C@H]1[C@@H](O)[C@H](n2ccc(N)nc2=O)O[C@@H]1COP(=O)(O)O[C@H]1[C@@H](O)[C@H](n2ccc(N)nc2=O)O[C@@H]1CO. The number of aliphatic hydroxyl groups is 4. The van der Waals surface area contributed by atoms with Crippen LogP contribution in [0.1, 0.15) is 25.6 Å². The number of nitrogens with zero attached hydrogens (tertiary/aromatic N) is 9. The number of nitrogens with one attached hydrogen (secondary N) is 1. The van der Waals surface area contributed by atoms with Gasteiger partial charge in [0.25, 0.3) is 0 Å². The van der Waals surface area contributed by atoms with Crippen molar-refractivity contribution in [3.63, 3.8) is 0 Å². The standard InChI is InChI=1S/C34H49N13O18P2/c1-14(8-35)29(52)43-20-16(62-30(22(20)49)47-13-40-21-27(44(2)3)38-12-39-28(21)47)10-59-66(55,56)65-26-17(63-32(24(26)51)46-7-5-19(37)42-34(46)54)11-60-67(57,58)64-25-15(9-48)61-31(23(25)50)45-6-4-18(36)41-33(45)53/h4-7,12-17,20,22-26,30-32,48-51H,8-11,35H2,1-3H3,(H,43,52)(H,55,56)(H,57,58)(H2,36,41,53)(H2,37,42,54)/t14-,15-,16-,17-,20-,22-,23-,24-,25-,26-,30-,31-,32-/m1/s1. The van der Waals surface area contributed by atoms with Crippen molar-refractivity contribution < 1.29 is 76.4 Å². The summed E-state index contributed by atoms with van der Waals surface area (Å²) in [6, 6.07) is 1.05. The lowest BCUT2D eigenvalue weighted by Gasteiger charge is -2.26. The molecule has 3 aliphatic rings. The number of fused-ring (bicyclic) bond motifs is 1. The Kier molecular flexibility index (Phi) is 14.9. The molecule has 3 fully saturated rings. The van der Waals surface area contributed by atoms with E-state index in [2.05, 4.69) is 30.2 Å². The molecule has 0 aliphatic carbocycles. The van der Waals surface area contributed by atoms with Crippen molar-refractivity contribution in [1.82, 2.24) is 43.9 Å². The van der Waals surface area contributed by atoms with Crippen molar-refractivity contribution in [3.8, 4) is 0 Å². The number of amides is 1. The van der Waals surface area contributed by atoms with E-state index in [1.807, 2.05) is 0 Å². The summed E-state index contributed by atoms with van der Waals surface area (Å²) >= 11 is 0. The number of hydrogen-bond donors (Lipinski definition) is 10. The second kappa shape index (κ2) is 20.0. The van der Waals surface area contributed by atoms with Crippen LogP contribution in [-0.2, 0) is 46.2 Å². The lowest BCUT2D eigenvalue weighted by molar-refractivity contribution is -0.126. The van der Waals surface area contributed by atoms with E-state index in [1.54, 1.807) is 19.0 Å². The van der Waals surface area contributed by atoms with Crippen molar-refractivity contribution in [2.45, 2.75) is 80.5 Å². The number of aliphatic hydroxyl groups excluding tert-OH is 4. The summed E-state index contributed by atoms with van der Waals surface area (Å²) in [6.45, 7) is -1.42. The molecule has 0 radical (unpaired) electrons. The van der Waals surface area contributed by atoms with Crippen molar-refractivity contribution in [3.05, 3.63) is 58.1 Å². The molecule has 31 nitrogen and oxygen atoms in total. The number of anilines is 3. The number of phosphoric ester groups is 2. The van der Waals surface area contributed by atoms with Crippen LogP contribution in [0.3, 0.4) is 0 Å². The molecule has 4 aromatic heterocycles. The summed E-state index contributed by atoms with van der Waals surface area (Å²) in [5, 5.41) is 46.6. The molecule has 7 heterocycles. The smallest absolute Gasteiger partial charge is 0.394 e. The Morgan fingerprint density at radius 3 is 1.85 bits per heavy atom.